The third-order valence-electron chi connectivity index (χ3n) is 5.02. The van der Waals surface area contributed by atoms with Gasteiger partial charge in [-0.2, -0.15) is 5.10 Å². The zero-order valence-electron chi connectivity index (χ0n) is 15.3. The van der Waals surface area contributed by atoms with Gasteiger partial charge in [0.2, 0.25) is 5.91 Å². The summed E-state index contributed by atoms with van der Waals surface area (Å²) in [6, 6.07) is 5.35. The number of halogens is 1. The Labute approximate surface area is 162 Å². The number of carboxylic acids is 1. The predicted molar refractivity (Wildman–Crippen MR) is 100 cm³/mol. The van der Waals surface area contributed by atoms with E-state index in [9.17, 15) is 9.59 Å². The van der Waals surface area contributed by atoms with E-state index < -0.39 is 5.97 Å². The average Bonchev–Trinajstić information content (AvgIpc) is 3.03. The molecule has 1 aliphatic rings. The zero-order valence-corrected chi connectivity index (χ0v) is 16.1. The number of aromatic carboxylic acids is 1. The van der Waals surface area contributed by atoms with E-state index >= 15 is 0 Å². The Hall–Kier alpha value is -2.54. The number of rotatable bonds is 5. The van der Waals surface area contributed by atoms with Crippen LogP contribution in [0.2, 0.25) is 5.02 Å². The first-order valence-electron chi connectivity index (χ1n) is 8.78. The SMILES string of the molecule is COc1ccc(Cl)cc1CC(=O)N1CCC(n2ncc(C(=O)O)c2C)CC1. The molecule has 7 nitrogen and oxygen atoms in total. The lowest BCUT2D eigenvalue weighted by molar-refractivity contribution is -0.131. The minimum absolute atomic E-state index is 0.0254. The van der Waals surface area contributed by atoms with E-state index in [1.165, 1.54) is 6.20 Å². The van der Waals surface area contributed by atoms with Crippen LogP contribution in [-0.4, -0.2) is 51.9 Å². The summed E-state index contributed by atoms with van der Waals surface area (Å²) in [4.78, 5) is 25.7. The Morgan fingerprint density at radius 2 is 2.04 bits per heavy atom. The molecule has 0 radical (unpaired) electrons. The fourth-order valence-electron chi connectivity index (χ4n) is 3.52. The van der Waals surface area contributed by atoms with E-state index in [-0.39, 0.29) is 23.9 Å². The molecule has 2 heterocycles. The Balaban J connectivity index is 1.63. The Morgan fingerprint density at radius 3 is 2.63 bits per heavy atom. The van der Waals surface area contributed by atoms with Crippen molar-refractivity contribution < 1.29 is 19.4 Å². The van der Waals surface area contributed by atoms with Crippen LogP contribution in [0.3, 0.4) is 0 Å². The van der Waals surface area contributed by atoms with Gasteiger partial charge in [-0.15, -0.1) is 0 Å². The van der Waals surface area contributed by atoms with Gasteiger partial charge in [0.25, 0.3) is 0 Å². The molecule has 1 aliphatic heterocycles. The van der Waals surface area contributed by atoms with Crippen molar-refractivity contribution in [1.82, 2.24) is 14.7 Å². The average molecular weight is 392 g/mol. The molecule has 1 aromatic heterocycles. The summed E-state index contributed by atoms with van der Waals surface area (Å²) in [6.45, 7) is 2.97. The van der Waals surface area contributed by atoms with Gasteiger partial charge in [-0.1, -0.05) is 11.6 Å². The molecule has 0 spiro atoms. The molecule has 144 valence electrons. The number of amides is 1. The van der Waals surface area contributed by atoms with Crippen molar-refractivity contribution in [2.45, 2.75) is 32.2 Å². The van der Waals surface area contributed by atoms with Gasteiger partial charge in [-0.25, -0.2) is 4.79 Å². The molecule has 0 unspecified atom stereocenters. The number of nitrogens with zero attached hydrogens (tertiary/aromatic N) is 3. The molecule has 0 aliphatic carbocycles. The number of hydrogen-bond acceptors (Lipinski definition) is 4. The highest BCUT2D eigenvalue weighted by Gasteiger charge is 2.27. The van der Waals surface area contributed by atoms with Crippen LogP contribution >= 0.6 is 11.6 Å². The van der Waals surface area contributed by atoms with Gasteiger partial charge in [0.1, 0.15) is 11.3 Å². The largest absolute Gasteiger partial charge is 0.496 e. The lowest BCUT2D eigenvalue weighted by Gasteiger charge is -2.33. The fourth-order valence-corrected chi connectivity index (χ4v) is 3.72. The number of carbonyl (C=O) groups is 2. The molecule has 0 atom stereocenters. The third kappa shape index (κ3) is 4.08. The van der Waals surface area contributed by atoms with Gasteiger partial charge in [-0.05, 0) is 38.0 Å². The molecule has 0 bridgehead atoms. The summed E-state index contributed by atoms with van der Waals surface area (Å²) >= 11 is 6.04. The minimum atomic E-state index is -0.971. The van der Waals surface area contributed by atoms with Crippen molar-refractivity contribution in [3.63, 3.8) is 0 Å². The summed E-state index contributed by atoms with van der Waals surface area (Å²) in [7, 11) is 1.57. The van der Waals surface area contributed by atoms with Crippen molar-refractivity contribution in [3.8, 4) is 5.75 Å². The maximum Gasteiger partial charge on any atom is 0.339 e. The second-order valence-corrected chi connectivity index (χ2v) is 7.07. The quantitative estimate of drug-likeness (QED) is 0.847. The Kier molecular flexibility index (Phi) is 5.70. The highest BCUT2D eigenvalue weighted by atomic mass is 35.5. The van der Waals surface area contributed by atoms with Crippen molar-refractivity contribution in [3.05, 3.63) is 46.2 Å². The van der Waals surface area contributed by atoms with E-state index in [0.29, 0.717) is 29.6 Å². The number of likely N-dealkylation sites (tertiary alicyclic amines) is 1. The highest BCUT2D eigenvalue weighted by Crippen LogP contribution is 2.27. The summed E-state index contributed by atoms with van der Waals surface area (Å²) < 4.78 is 7.08. The van der Waals surface area contributed by atoms with Crippen LogP contribution in [0.15, 0.2) is 24.4 Å². The second-order valence-electron chi connectivity index (χ2n) is 6.64. The fraction of sp³-hybridized carbons (Fsp3) is 0.421. The van der Waals surface area contributed by atoms with Crippen LogP contribution in [0.1, 0.15) is 40.5 Å². The molecular weight excluding hydrogens is 370 g/mol. The number of benzene rings is 1. The van der Waals surface area contributed by atoms with Gasteiger partial charge in [-0.3, -0.25) is 9.48 Å². The monoisotopic (exact) mass is 391 g/mol. The normalized spacial score (nSPS) is 15.0. The van der Waals surface area contributed by atoms with Gasteiger partial charge >= 0.3 is 5.97 Å². The van der Waals surface area contributed by atoms with Gasteiger partial charge in [0, 0.05) is 23.7 Å². The number of carbonyl (C=O) groups excluding carboxylic acids is 1. The van der Waals surface area contributed by atoms with E-state index in [1.807, 2.05) is 4.90 Å². The molecule has 0 saturated carbocycles. The van der Waals surface area contributed by atoms with Gasteiger partial charge in [0.05, 0.1) is 31.5 Å². The predicted octanol–water partition coefficient (Wildman–Crippen LogP) is 2.96. The molecule has 2 aromatic rings. The maximum absolute atomic E-state index is 12.7. The summed E-state index contributed by atoms with van der Waals surface area (Å²) in [5, 5.41) is 14.0. The lowest BCUT2D eigenvalue weighted by Crippen LogP contribution is -2.40. The van der Waals surface area contributed by atoms with Crippen LogP contribution < -0.4 is 4.74 Å². The molecule has 3 rings (SSSR count). The summed E-state index contributed by atoms with van der Waals surface area (Å²) in [5.41, 5.74) is 1.64. The van der Waals surface area contributed by atoms with Crippen LogP contribution in [0.4, 0.5) is 0 Å². The first kappa shape index (κ1) is 19.2. The Morgan fingerprint density at radius 1 is 1.33 bits per heavy atom. The van der Waals surface area contributed by atoms with Crippen LogP contribution in [0, 0.1) is 6.92 Å². The van der Waals surface area contributed by atoms with Crippen molar-refractivity contribution in [1.29, 1.82) is 0 Å². The molecule has 1 aromatic carbocycles. The van der Waals surface area contributed by atoms with E-state index in [0.717, 1.165) is 18.4 Å². The van der Waals surface area contributed by atoms with E-state index in [2.05, 4.69) is 5.10 Å². The molecule has 1 amide bonds. The topological polar surface area (TPSA) is 84.7 Å². The highest BCUT2D eigenvalue weighted by molar-refractivity contribution is 6.30. The number of piperidine rings is 1. The third-order valence-corrected chi connectivity index (χ3v) is 5.26. The maximum atomic E-state index is 12.7. The smallest absolute Gasteiger partial charge is 0.339 e. The number of hydrogen-bond donors (Lipinski definition) is 1. The zero-order chi connectivity index (χ0) is 19.6. The van der Waals surface area contributed by atoms with Crippen molar-refractivity contribution in [2.24, 2.45) is 0 Å². The molecule has 1 saturated heterocycles. The molecule has 8 heteroatoms. The number of aromatic nitrogens is 2. The number of carboxylic acid groups (broad SMARTS) is 1. The number of ether oxygens (including phenoxy) is 1. The van der Waals surface area contributed by atoms with E-state index in [1.54, 1.807) is 36.9 Å². The van der Waals surface area contributed by atoms with E-state index in [4.69, 9.17) is 21.4 Å². The minimum Gasteiger partial charge on any atom is -0.496 e. The molecule has 1 N–H and O–H groups in total. The van der Waals surface area contributed by atoms with Gasteiger partial charge in [0.15, 0.2) is 0 Å². The lowest BCUT2D eigenvalue weighted by atomic mass is 10.0. The van der Waals surface area contributed by atoms with Crippen LogP contribution in [0.25, 0.3) is 0 Å². The summed E-state index contributed by atoms with van der Waals surface area (Å²) in [6.07, 6.45) is 3.10. The van der Waals surface area contributed by atoms with Crippen molar-refractivity contribution >= 4 is 23.5 Å². The first-order chi connectivity index (χ1) is 12.9. The van der Waals surface area contributed by atoms with Gasteiger partial charge < -0.3 is 14.7 Å². The van der Waals surface area contributed by atoms with Crippen molar-refractivity contribution in [2.75, 3.05) is 20.2 Å². The van der Waals surface area contributed by atoms with Crippen LogP contribution in [-0.2, 0) is 11.2 Å². The number of methoxy groups -OCH3 is 1. The molecule has 1 fully saturated rings. The molecule has 27 heavy (non-hydrogen) atoms. The van der Waals surface area contributed by atoms with Crippen LogP contribution in [0.5, 0.6) is 5.75 Å². The summed E-state index contributed by atoms with van der Waals surface area (Å²) in [5.74, 6) is -0.296. The Bertz CT molecular complexity index is 857. The molecular formula is C19H22ClN3O4. The second kappa shape index (κ2) is 8.00. The standard InChI is InChI=1S/C19H22ClN3O4/c1-12-16(19(25)26)11-21-23(12)15-5-7-22(8-6-15)18(24)10-13-9-14(20)3-4-17(13)27-2/h3-4,9,11,15H,5-8,10H2,1-2H3,(H,25,26). The first-order valence-corrected chi connectivity index (χ1v) is 9.16.